The molecule has 252 valence electrons. The molecular formula is C37H45Cl2N3O4S. The number of amides is 2. The number of aliphatic imine (C=N–C) groups is 1. The minimum absolute atomic E-state index is 0.0670. The Kier molecular flexibility index (Phi) is 9.49. The first kappa shape index (κ1) is 33.1. The Morgan fingerprint density at radius 1 is 0.894 bits per heavy atom. The second kappa shape index (κ2) is 13.5. The molecule has 2 amide bonds. The molecule has 10 heteroatoms. The van der Waals surface area contributed by atoms with Gasteiger partial charge >= 0.3 is 0 Å². The normalized spacial score (nSPS) is 34.4. The van der Waals surface area contributed by atoms with Gasteiger partial charge < -0.3 is 5.32 Å². The third kappa shape index (κ3) is 6.39. The fourth-order valence-electron chi connectivity index (χ4n) is 9.44. The third-order valence-electron chi connectivity index (χ3n) is 11.9. The molecule has 5 aliphatic rings. The van der Waals surface area contributed by atoms with Gasteiger partial charge in [0.1, 0.15) is 11.9 Å². The van der Waals surface area contributed by atoms with Crippen molar-refractivity contribution in [2.75, 3.05) is 6.54 Å². The first-order valence-electron chi connectivity index (χ1n) is 17.5. The minimum Gasteiger partial charge on any atom is -0.356 e. The van der Waals surface area contributed by atoms with E-state index >= 15 is 0 Å². The molecule has 7 unspecified atom stereocenters. The van der Waals surface area contributed by atoms with Gasteiger partial charge in [-0.2, -0.15) is 0 Å². The number of piperidine rings is 1. The molecule has 1 N–H and O–H groups in total. The summed E-state index contributed by atoms with van der Waals surface area (Å²) >= 11 is 12.9. The Labute approximate surface area is 288 Å². The highest BCUT2D eigenvalue weighted by Gasteiger charge is 2.56. The standard InChI is InChI=1S/C37H45Cl2N3O4S/c1-22-9-15-28(16-10-22)47(45,46)32-21-31(29-7-2-3-8-30(29)32)36-41-34(24-5-4-6-27(39)19-24)35(23-11-13-26(38)14-12-23)42(36)37(44)25-17-18-40-33(43)20-25/h4-6,11-14,19,22,25,28-32,34-35H,2-3,7-10,15-18,20-21H2,1H3,(H,40,43). The number of rotatable bonds is 6. The number of hydrogen-bond acceptors (Lipinski definition) is 5. The van der Waals surface area contributed by atoms with Crippen LogP contribution in [0.25, 0.3) is 0 Å². The van der Waals surface area contributed by atoms with E-state index in [4.69, 9.17) is 28.2 Å². The van der Waals surface area contributed by atoms with Gasteiger partial charge in [0.15, 0.2) is 9.84 Å². The number of nitrogens with zero attached hydrogens (tertiary/aromatic N) is 2. The SMILES string of the molecule is CC1CCC(S(=O)(=O)C2CC(C3=NC(c4cccc(Cl)c4)C(c4ccc(Cl)cc4)N3C(=O)C3CCNC(=O)C3)C3CCCCC32)CC1. The second-order valence-electron chi connectivity index (χ2n) is 14.7. The highest BCUT2D eigenvalue weighted by Crippen LogP contribution is 2.54. The van der Waals surface area contributed by atoms with Crippen LogP contribution in [0.3, 0.4) is 0 Å². The highest BCUT2D eigenvalue weighted by atomic mass is 35.5. The molecule has 7 nitrogen and oxygen atoms in total. The maximum Gasteiger partial charge on any atom is 0.232 e. The Bertz CT molecular complexity index is 1640. The maximum atomic E-state index is 14.8. The lowest BCUT2D eigenvalue weighted by Gasteiger charge is -2.37. The van der Waals surface area contributed by atoms with E-state index in [-0.39, 0.29) is 41.2 Å². The van der Waals surface area contributed by atoms with Crippen LogP contribution in [-0.4, -0.2) is 48.0 Å². The smallest absolute Gasteiger partial charge is 0.232 e. The lowest BCUT2D eigenvalue weighted by molar-refractivity contribution is -0.138. The number of amidine groups is 1. The summed E-state index contributed by atoms with van der Waals surface area (Å²) in [5.41, 5.74) is 1.79. The summed E-state index contributed by atoms with van der Waals surface area (Å²) in [6.45, 7) is 2.67. The topological polar surface area (TPSA) is 95.9 Å². The fourth-order valence-corrected chi connectivity index (χ4v) is 12.5. The summed E-state index contributed by atoms with van der Waals surface area (Å²) in [6, 6.07) is 14.3. The molecule has 2 aromatic rings. The second-order valence-corrected chi connectivity index (χ2v) is 18.0. The number of sulfone groups is 1. The number of halogens is 2. The van der Waals surface area contributed by atoms with Crippen molar-refractivity contribution >= 4 is 50.7 Å². The molecule has 4 fully saturated rings. The summed E-state index contributed by atoms with van der Waals surface area (Å²) in [7, 11) is -3.37. The molecule has 7 atom stereocenters. The van der Waals surface area contributed by atoms with E-state index in [1.54, 1.807) is 0 Å². The van der Waals surface area contributed by atoms with Crippen molar-refractivity contribution in [3.63, 3.8) is 0 Å². The van der Waals surface area contributed by atoms with E-state index in [0.29, 0.717) is 41.2 Å². The molecule has 1 saturated heterocycles. The molecule has 2 heterocycles. The molecule has 2 aliphatic heterocycles. The average molecular weight is 699 g/mol. The predicted octanol–water partition coefficient (Wildman–Crippen LogP) is 7.73. The first-order valence-corrected chi connectivity index (χ1v) is 19.9. The van der Waals surface area contributed by atoms with Crippen LogP contribution in [0.2, 0.25) is 10.0 Å². The monoisotopic (exact) mass is 697 g/mol. The average Bonchev–Trinajstić information content (AvgIpc) is 3.65. The van der Waals surface area contributed by atoms with E-state index < -0.39 is 33.1 Å². The molecule has 0 spiro atoms. The first-order chi connectivity index (χ1) is 22.6. The summed E-state index contributed by atoms with van der Waals surface area (Å²) in [4.78, 5) is 34.7. The van der Waals surface area contributed by atoms with E-state index in [2.05, 4.69) is 12.2 Å². The highest BCUT2D eigenvalue weighted by molar-refractivity contribution is 7.92. The molecule has 47 heavy (non-hydrogen) atoms. The van der Waals surface area contributed by atoms with E-state index in [0.717, 1.165) is 62.5 Å². The van der Waals surface area contributed by atoms with Crippen molar-refractivity contribution in [1.29, 1.82) is 0 Å². The van der Waals surface area contributed by atoms with Crippen molar-refractivity contribution < 1.29 is 18.0 Å². The Hall–Kier alpha value is -2.42. The summed E-state index contributed by atoms with van der Waals surface area (Å²) in [5.74, 6) is 0.597. The quantitative estimate of drug-likeness (QED) is 0.334. The number of hydrogen-bond donors (Lipinski definition) is 1. The van der Waals surface area contributed by atoms with Crippen LogP contribution in [-0.2, 0) is 19.4 Å². The van der Waals surface area contributed by atoms with Crippen molar-refractivity contribution in [2.24, 2.45) is 34.6 Å². The van der Waals surface area contributed by atoms with Gasteiger partial charge in [-0.1, -0.05) is 67.2 Å². The molecular weight excluding hydrogens is 653 g/mol. The third-order valence-corrected chi connectivity index (χ3v) is 15.1. The summed E-state index contributed by atoms with van der Waals surface area (Å²) in [6.07, 6.45) is 8.50. The number of carbonyl (C=O) groups is 2. The minimum atomic E-state index is -3.37. The van der Waals surface area contributed by atoms with Gasteiger partial charge in [-0.3, -0.25) is 19.5 Å². The maximum absolute atomic E-state index is 14.8. The van der Waals surface area contributed by atoms with Crippen LogP contribution >= 0.6 is 23.2 Å². The van der Waals surface area contributed by atoms with Crippen LogP contribution in [0.15, 0.2) is 53.5 Å². The number of fused-ring (bicyclic) bond motifs is 1. The number of benzene rings is 2. The van der Waals surface area contributed by atoms with E-state index in [1.165, 1.54) is 0 Å². The Balaban J connectivity index is 1.33. The van der Waals surface area contributed by atoms with Crippen molar-refractivity contribution in [3.8, 4) is 0 Å². The zero-order valence-electron chi connectivity index (χ0n) is 27.0. The molecule has 0 radical (unpaired) electrons. The van der Waals surface area contributed by atoms with Crippen LogP contribution in [0, 0.1) is 29.6 Å². The van der Waals surface area contributed by atoms with Crippen molar-refractivity contribution in [2.45, 2.75) is 100 Å². The van der Waals surface area contributed by atoms with Gasteiger partial charge in [-0.15, -0.1) is 0 Å². The van der Waals surface area contributed by atoms with Gasteiger partial charge in [-0.05, 0) is 105 Å². The predicted molar refractivity (Wildman–Crippen MR) is 186 cm³/mol. The zero-order chi connectivity index (χ0) is 32.9. The van der Waals surface area contributed by atoms with Gasteiger partial charge in [0, 0.05) is 34.8 Å². The zero-order valence-corrected chi connectivity index (χ0v) is 29.3. The van der Waals surface area contributed by atoms with Crippen molar-refractivity contribution in [3.05, 3.63) is 69.7 Å². The molecule has 0 bridgehead atoms. The van der Waals surface area contributed by atoms with Gasteiger partial charge in [0.05, 0.1) is 16.5 Å². The van der Waals surface area contributed by atoms with Crippen molar-refractivity contribution in [1.82, 2.24) is 10.2 Å². The van der Waals surface area contributed by atoms with E-state index in [1.807, 2.05) is 53.4 Å². The molecule has 3 saturated carbocycles. The molecule has 7 rings (SSSR count). The Morgan fingerprint density at radius 2 is 1.62 bits per heavy atom. The number of nitrogens with one attached hydrogen (secondary N) is 1. The molecule has 2 aromatic carbocycles. The summed E-state index contributed by atoms with van der Waals surface area (Å²) < 4.78 is 28.9. The lowest BCUT2D eigenvalue weighted by atomic mass is 9.77. The lowest BCUT2D eigenvalue weighted by Crippen LogP contribution is -2.48. The van der Waals surface area contributed by atoms with E-state index in [9.17, 15) is 18.0 Å². The van der Waals surface area contributed by atoms with Crippen LogP contribution < -0.4 is 5.32 Å². The molecule has 3 aliphatic carbocycles. The summed E-state index contributed by atoms with van der Waals surface area (Å²) in [5, 5.41) is 3.35. The fraction of sp³-hybridized carbons (Fsp3) is 0.595. The van der Waals surface area contributed by atoms with Gasteiger partial charge in [-0.25, -0.2) is 8.42 Å². The van der Waals surface area contributed by atoms with Crippen LogP contribution in [0.4, 0.5) is 0 Å². The largest absolute Gasteiger partial charge is 0.356 e. The Morgan fingerprint density at radius 3 is 2.32 bits per heavy atom. The molecule has 0 aromatic heterocycles. The number of carbonyl (C=O) groups excluding carboxylic acids is 2. The van der Waals surface area contributed by atoms with Crippen LogP contribution in [0.5, 0.6) is 0 Å². The van der Waals surface area contributed by atoms with Crippen LogP contribution in [0.1, 0.15) is 101 Å². The van der Waals surface area contributed by atoms with Gasteiger partial charge in [0.2, 0.25) is 11.8 Å². The van der Waals surface area contributed by atoms with Gasteiger partial charge in [0.25, 0.3) is 0 Å².